The molecule has 4 rings (SSSR count). The van der Waals surface area contributed by atoms with E-state index in [-0.39, 0.29) is 5.91 Å². The number of thioether (sulfide) groups is 1. The van der Waals surface area contributed by atoms with Crippen molar-refractivity contribution in [3.05, 3.63) is 30.0 Å². The average molecular weight is 386 g/mol. The van der Waals surface area contributed by atoms with Crippen LogP contribution in [0.25, 0.3) is 10.8 Å². The molecule has 2 saturated heterocycles. The van der Waals surface area contributed by atoms with E-state index in [1.807, 2.05) is 34.9 Å². The van der Waals surface area contributed by atoms with E-state index in [1.54, 1.807) is 0 Å². The van der Waals surface area contributed by atoms with Crippen molar-refractivity contribution in [2.24, 2.45) is 0 Å². The average Bonchev–Trinajstić information content (AvgIpc) is 2.73. The highest BCUT2D eigenvalue weighted by Crippen LogP contribution is 2.28. The smallest absolute Gasteiger partial charge is 0.275 e. The predicted octanol–water partition coefficient (Wildman–Crippen LogP) is 2.35. The maximum Gasteiger partial charge on any atom is 0.275 e. The number of amides is 1. The van der Waals surface area contributed by atoms with Crippen LogP contribution in [0.2, 0.25) is 0 Å². The van der Waals surface area contributed by atoms with Crippen LogP contribution in [-0.4, -0.2) is 82.7 Å². The summed E-state index contributed by atoms with van der Waals surface area (Å²) in [5.74, 6) is 2.90. The second-order valence-electron chi connectivity index (χ2n) is 7.44. The molecule has 7 heteroatoms. The van der Waals surface area contributed by atoms with E-state index in [2.05, 4.69) is 39.9 Å². The first-order valence-electron chi connectivity index (χ1n) is 9.76. The third kappa shape index (κ3) is 3.75. The highest BCUT2D eigenvalue weighted by molar-refractivity contribution is 7.99. The van der Waals surface area contributed by atoms with Crippen molar-refractivity contribution in [3.8, 4) is 0 Å². The molecule has 2 aliphatic heterocycles. The molecule has 0 unspecified atom stereocenters. The number of anilines is 1. The summed E-state index contributed by atoms with van der Waals surface area (Å²) in [6, 6.07) is 8.63. The molecule has 6 nitrogen and oxygen atoms in total. The van der Waals surface area contributed by atoms with Crippen molar-refractivity contribution in [1.29, 1.82) is 0 Å². The quantitative estimate of drug-likeness (QED) is 0.808. The van der Waals surface area contributed by atoms with Gasteiger partial charge in [0, 0.05) is 67.6 Å². The Morgan fingerprint density at radius 3 is 2.30 bits per heavy atom. The topological polar surface area (TPSA) is 52.6 Å². The van der Waals surface area contributed by atoms with Crippen molar-refractivity contribution < 1.29 is 4.79 Å². The van der Waals surface area contributed by atoms with Gasteiger partial charge in [0.05, 0.1) is 0 Å². The summed E-state index contributed by atoms with van der Waals surface area (Å²) in [5.41, 5.74) is 0.488. The zero-order valence-corrected chi connectivity index (χ0v) is 16.9. The fourth-order valence-electron chi connectivity index (χ4n) is 3.85. The Kier molecular flexibility index (Phi) is 5.50. The number of rotatable bonds is 3. The minimum Gasteiger partial charge on any atom is -0.352 e. The second kappa shape index (κ2) is 8.02. The van der Waals surface area contributed by atoms with E-state index in [9.17, 15) is 4.79 Å². The molecule has 0 spiro atoms. The van der Waals surface area contributed by atoms with Gasteiger partial charge in [-0.25, -0.2) is 0 Å². The third-order valence-electron chi connectivity index (χ3n) is 5.51. The number of benzene rings is 1. The Labute approximate surface area is 164 Å². The molecule has 0 saturated carbocycles. The van der Waals surface area contributed by atoms with E-state index in [0.717, 1.165) is 67.4 Å². The fourth-order valence-corrected chi connectivity index (χ4v) is 4.75. The molecule has 1 amide bonds. The van der Waals surface area contributed by atoms with Gasteiger partial charge in [0.2, 0.25) is 0 Å². The molecule has 2 fully saturated rings. The van der Waals surface area contributed by atoms with E-state index in [0.29, 0.717) is 11.7 Å². The molecule has 2 aliphatic rings. The van der Waals surface area contributed by atoms with Gasteiger partial charge in [-0.1, -0.05) is 24.3 Å². The Morgan fingerprint density at radius 2 is 1.63 bits per heavy atom. The third-order valence-corrected chi connectivity index (χ3v) is 6.46. The second-order valence-corrected chi connectivity index (χ2v) is 8.66. The van der Waals surface area contributed by atoms with E-state index < -0.39 is 0 Å². The Morgan fingerprint density at radius 1 is 0.963 bits per heavy atom. The maximum absolute atomic E-state index is 13.0. The Bertz CT molecular complexity index is 813. The molecule has 0 aliphatic carbocycles. The molecule has 2 aromatic rings. The lowest BCUT2D eigenvalue weighted by molar-refractivity contribution is 0.0767. The number of carbonyl (C=O) groups is 1. The highest BCUT2D eigenvalue weighted by Gasteiger charge is 2.26. The Hall–Kier alpha value is -1.86. The van der Waals surface area contributed by atoms with E-state index in [1.165, 1.54) is 0 Å². The van der Waals surface area contributed by atoms with Crippen molar-refractivity contribution >= 4 is 34.3 Å². The summed E-state index contributed by atoms with van der Waals surface area (Å²) in [6.45, 7) is 9.99. The van der Waals surface area contributed by atoms with Gasteiger partial charge < -0.3 is 9.80 Å². The van der Waals surface area contributed by atoms with Crippen LogP contribution in [0.1, 0.15) is 24.3 Å². The summed E-state index contributed by atoms with van der Waals surface area (Å²) < 4.78 is 0. The number of nitrogens with zero attached hydrogens (tertiary/aromatic N) is 5. The zero-order valence-electron chi connectivity index (χ0n) is 16.1. The van der Waals surface area contributed by atoms with Crippen molar-refractivity contribution in [3.63, 3.8) is 0 Å². The molecular formula is C20H27N5OS. The number of piperazine rings is 1. The van der Waals surface area contributed by atoms with Crippen molar-refractivity contribution in [2.75, 3.05) is 55.7 Å². The van der Waals surface area contributed by atoms with Crippen LogP contribution in [0.3, 0.4) is 0 Å². The lowest BCUT2D eigenvalue weighted by Gasteiger charge is -2.37. The zero-order chi connectivity index (χ0) is 18.8. The van der Waals surface area contributed by atoms with E-state index in [4.69, 9.17) is 0 Å². The molecule has 3 heterocycles. The first kappa shape index (κ1) is 18.5. The van der Waals surface area contributed by atoms with Gasteiger partial charge in [-0.2, -0.15) is 11.8 Å². The first-order chi connectivity index (χ1) is 13.1. The molecule has 27 heavy (non-hydrogen) atoms. The molecule has 0 radical (unpaired) electrons. The number of fused-ring (bicyclic) bond motifs is 1. The largest absolute Gasteiger partial charge is 0.352 e. The molecule has 144 valence electrons. The molecule has 0 atom stereocenters. The fraction of sp³-hybridized carbons (Fsp3) is 0.550. The summed E-state index contributed by atoms with van der Waals surface area (Å²) >= 11 is 1.90. The minimum atomic E-state index is 0.00942. The highest BCUT2D eigenvalue weighted by atomic mass is 32.2. The number of carbonyl (C=O) groups excluding carboxylic acids is 1. The van der Waals surface area contributed by atoms with Crippen LogP contribution >= 0.6 is 11.8 Å². The Balaban J connectivity index is 1.64. The van der Waals surface area contributed by atoms with Crippen LogP contribution in [-0.2, 0) is 0 Å². The summed E-state index contributed by atoms with van der Waals surface area (Å²) in [7, 11) is 0. The first-order valence-corrected chi connectivity index (χ1v) is 10.9. The molecule has 1 aromatic carbocycles. The van der Waals surface area contributed by atoms with Crippen LogP contribution in [0.4, 0.5) is 5.82 Å². The van der Waals surface area contributed by atoms with Gasteiger partial charge in [-0.05, 0) is 13.8 Å². The summed E-state index contributed by atoms with van der Waals surface area (Å²) in [4.78, 5) is 19.7. The van der Waals surface area contributed by atoms with Crippen molar-refractivity contribution in [2.45, 2.75) is 19.9 Å². The van der Waals surface area contributed by atoms with Crippen LogP contribution < -0.4 is 4.90 Å². The van der Waals surface area contributed by atoms with Crippen LogP contribution in [0.15, 0.2) is 24.3 Å². The number of hydrogen-bond donors (Lipinski definition) is 0. The number of hydrogen-bond acceptors (Lipinski definition) is 6. The SMILES string of the molecule is CC(C)N1CCN(c2nnc(C(=O)N3CCSCC3)c3ccccc23)CC1. The lowest BCUT2D eigenvalue weighted by atomic mass is 10.1. The van der Waals surface area contributed by atoms with Crippen LogP contribution in [0, 0.1) is 0 Å². The minimum absolute atomic E-state index is 0.00942. The van der Waals surface area contributed by atoms with E-state index >= 15 is 0 Å². The van der Waals surface area contributed by atoms with Crippen LogP contribution in [0.5, 0.6) is 0 Å². The predicted molar refractivity (Wildman–Crippen MR) is 112 cm³/mol. The summed E-state index contributed by atoms with van der Waals surface area (Å²) in [6.07, 6.45) is 0. The van der Waals surface area contributed by atoms with Gasteiger partial charge in [0.1, 0.15) is 0 Å². The standard InChI is InChI=1S/C20H27N5OS/c1-15(2)23-7-9-24(10-8-23)19-17-6-4-3-5-16(17)18(21-22-19)20(26)25-11-13-27-14-12-25/h3-6,15H,7-14H2,1-2H3. The molecule has 0 bridgehead atoms. The van der Waals surface area contributed by atoms with Crippen molar-refractivity contribution in [1.82, 2.24) is 20.0 Å². The van der Waals surface area contributed by atoms with Gasteiger partial charge in [0.15, 0.2) is 11.5 Å². The molecular weight excluding hydrogens is 358 g/mol. The van der Waals surface area contributed by atoms with Gasteiger partial charge >= 0.3 is 0 Å². The van der Waals surface area contributed by atoms with Gasteiger partial charge in [0.25, 0.3) is 5.91 Å². The maximum atomic E-state index is 13.0. The van der Waals surface area contributed by atoms with Gasteiger partial charge in [-0.15, -0.1) is 10.2 Å². The molecule has 0 N–H and O–H groups in total. The molecule has 1 aromatic heterocycles. The normalized spacial score (nSPS) is 19.1. The monoisotopic (exact) mass is 385 g/mol. The number of aromatic nitrogens is 2. The summed E-state index contributed by atoms with van der Waals surface area (Å²) in [5, 5.41) is 10.9. The lowest BCUT2D eigenvalue weighted by Crippen LogP contribution is -2.49. The van der Waals surface area contributed by atoms with Gasteiger partial charge in [-0.3, -0.25) is 9.69 Å².